The number of thioether (sulfide) groups is 1. The van der Waals surface area contributed by atoms with Crippen LogP contribution in [0.3, 0.4) is 0 Å². The Morgan fingerprint density at radius 3 is 2.91 bits per heavy atom. The first-order chi connectivity index (χ1) is 10.6. The minimum Gasteiger partial charge on any atom is -0.481 e. The number of carboxylic acids is 1. The monoisotopic (exact) mass is 332 g/mol. The predicted octanol–water partition coefficient (Wildman–Crippen LogP) is 4.11. The molecule has 0 aliphatic rings. The zero-order chi connectivity index (χ0) is 15.7. The lowest BCUT2D eigenvalue weighted by Gasteiger charge is -2.07. The van der Waals surface area contributed by atoms with Crippen molar-refractivity contribution in [1.82, 2.24) is 9.38 Å². The minimum atomic E-state index is -0.815. The van der Waals surface area contributed by atoms with Crippen molar-refractivity contribution >= 4 is 34.0 Å². The molecule has 0 radical (unpaired) electrons. The fourth-order valence-electron chi connectivity index (χ4n) is 2.33. The van der Waals surface area contributed by atoms with Gasteiger partial charge < -0.3 is 5.11 Å². The smallest absolute Gasteiger partial charge is 0.308 e. The van der Waals surface area contributed by atoms with Gasteiger partial charge in [-0.2, -0.15) is 0 Å². The zero-order valence-corrected chi connectivity index (χ0v) is 14.0. The van der Waals surface area contributed by atoms with Gasteiger partial charge in [0.15, 0.2) is 4.96 Å². The number of aromatic nitrogens is 2. The third-order valence-corrected chi connectivity index (χ3v) is 5.19. The number of carboxylic acid groups (broad SMARTS) is 1. The first-order valence-corrected chi connectivity index (χ1v) is 8.80. The second-order valence-electron chi connectivity index (χ2n) is 5.02. The van der Waals surface area contributed by atoms with Crippen LogP contribution in [0.5, 0.6) is 0 Å². The Labute approximate surface area is 136 Å². The summed E-state index contributed by atoms with van der Waals surface area (Å²) in [5.74, 6) is 0.200. The van der Waals surface area contributed by atoms with Crippen molar-refractivity contribution in [2.45, 2.75) is 25.2 Å². The highest BCUT2D eigenvalue weighted by molar-refractivity contribution is 7.99. The number of hydrogen-bond donors (Lipinski definition) is 1. The molecule has 0 saturated carbocycles. The number of carbonyl (C=O) groups is 1. The Kier molecular flexibility index (Phi) is 4.22. The number of rotatable bonds is 5. The summed E-state index contributed by atoms with van der Waals surface area (Å²) >= 11 is 3.23. The summed E-state index contributed by atoms with van der Waals surface area (Å²) in [6.07, 6.45) is 3.88. The number of benzene rings is 1. The molecule has 0 saturated heterocycles. The highest BCUT2D eigenvalue weighted by Crippen LogP contribution is 2.33. The topological polar surface area (TPSA) is 54.6 Å². The SMILES string of the molecule is CCSc1ccc(C)cc1-c1cn2cc(CC(=O)O)sc2n1. The summed E-state index contributed by atoms with van der Waals surface area (Å²) in [5.41, 5.74) is 3.29. The maximum atomic E-state index is 10.8. The molecule has 2 heterocycles. The number of aryl methyl sites for hydroxylation is 1. The number of fused-ring (bicyclic) bond motifs is 1. The molecule has 6 heteroatoms. The predicted molar refractivity (Wildman–Crippen MR) is 91.0 cm³/mol. The quantitative estimate of drug-likeness (QED) is 0.714. The van der Waals surface area contributed by atoms with Crippen LogP contribution in [0.15, 0.2) is 35.5 Å². The highest BCUT2D eigenvalue weighted by atomic mass is 32.2. The van der Waals surface area contributed by atoms with Gasteiger partial charge in [0.25, 0.3) is 0 Å². The van der Waals surface area contributed by atoms with Gasteiger partial charge in [-0.15, -0.1) is 23.1 Å². The van der Waals surface area contributed by atoms with Gasteiger partial charge in [-0.1, -0.05) is 18.6 Å². The molecule has 2 aromatic heterocycles. The number of imidazole rings is 1. The summed E-state index contributed by atoms with van der Waals surface area (Å²) in [7, 11) is 0. The number of thiazole rings is 1. The third-order valence-electron chi connectivity index (χ3n) is 3.24. The van der Waals surface area contributed by atoms with Crippen molar-refractivity contribution in [2.24, 2.45) is 0 Å². The molecule has 22 heavy (non-hydrogen) atoms. The van der Waals surface area contributed by atoms with Crippen molar-refractivity contribution in [3.8, 4) is 11.3 Å². The van der Waals surface area contributed by atoms with Crippen LogP contribution >= 0.6 is 23.1 Å². The Bertz CT molecular complexity index is 804. The van der Waals surface area contributed by atoms with E-state index in [1.165, 1.54) is 21.8 Å². The molecule has 0 aliphatic heterocycles. The fourth-order valence-corrected chi connectivity index (χ4v) is 4.07. The van der Waals surface area contributed by atoms with E-state index in [2.05, 4.69) is 37.0 Å². The first kappa shape index (κ1) is 15.1. The van der Waals surface area contributed by atoms with Crippen LogP contribution in [-0.2, 0) is 11.2 Å². The van der Waals surface area contributed by atoms with Crippen LogP contribution in [-0.4, -0.2) is 26.2 Å². The van der Waals surface area contributed by atoms with Crippen LogP contribution in [0, 0.1) is 6.92 Å². The van der Waals surface area contributed by atoms with Crippen LogP contribution in [0.25, 0.3) is 16.2 Å². The summed E-state index contributed by atoms with van der Waals surface area (Å²) < 4.78 is 1.92. The van der Waals surface area contributed by atoms with Gasteiger partial charge in [-0.25, -0.2) is 4.98 Å². The summed E-state index contributed by atoms with van der Waals surface area (Å²) in [6, 6.07) is 6.41. The molecule has 0 fully saturated rings. The maximum Gasteiger partial charge on any atom is 0.308 e. The second kappa shape index (κ2) is 6.14. The van der Waals surface area contributed by atoms with Gasteiger partial charge in [0.1, 0.15) is 0 Å². The van der Waals surface area contributed by atoms with Crippen LogP contribution < -0.4 is 0 Å². The largest absolute Gasteiger partial charge is 0.481 e. The van der Waals surface area contributed by atoms with Crippen molar-refractivity contribution in [1.29, 1.82) is 0 Å². The van der Waals surface area contributed by atoms with Gasteiger partial charge in [0.05, 0.1) is 12.1 Å². The van der Waals surface area contributed by atoms with E-state index in [0.29, 0.717) is 0 Å². The molecule has 0 spiro atoms. The Morgan fingerprint density at radius 2 is 2.23 bits per heavy atom. The Balaban J connectivity index is 2.01. The molecule has 0 unspecified atom stereocenters. The molecule has 3 aromatic rings. The highest BCUT2D eigenvalue weighted by Gasteiger charge is 2.13. The van der Waals surface area contributed by atoms with E-state index in [0.717, 1.165) is 26.8 Å². The van der Waals surface area contributed by atoms with E-state index in [1.54, 1.807) is 11.8 Å². The molecule has 0 amide bonds. The molecule has 1 N–H and O–H groups in total. The molecule has 0 aliphatic carbocycles. The average molecular weight is 332 g/mol. The summed E-state index contributed by atoms with van der Waals surface area (Å²) in [5, 5.41) is 8.86. The number of aliphatic carboxylic acids is 1. The normalized spacial score (nSPS) is 11.2. The fraction of sp³-hybridized carbons (Fsp3) is 0.250. The second-order valence-corrected chi connectivity index (χ2v) is 7.42. The minimum absolute atomic E-state index is 0.0464. The van der Waals surface area contributed by atoms with Gasteiger partial charge in [-0.3, -0.25) is 9.20 Å². The van der Waals surface area contributed by atoms with Crippen LogP contribution in [0.4, 0.5) is 0 Å². The molecule has 0 atom stereocenters. The maximum absolute atomic E-state index is 10.8. The number of hydrogen-bond acceptors (Lipinski definition) is 4. The lowest BCUT2D eigenvalue weighted by Crippen LogP contribution is -1.97. The van der Waals surface area contributed by atoms with E-state index in [9.17, 15) is 4.79 Å². The molecule has 0 bridgehead atoms. The summed E-state index contributed by atoms with van der Waals surface area (Å²) in [4.78, 5) is 18.3. The van der Waals surface area contributed by atoms with Crippen molar-refractivity contribution < 1.29 is 9.90 Å². The van der Waals surface area contributed by atoms with Crippen LogP contribution in [0.2, 0.25) is 0 Å². The van der Waals surface area contributed by atoms with Crippen molar-refractivity contribution in [2.75, 3.05) is 5.75 Å². The van der Waals surface area contributed by atoms with E-state index >= 15 is 0 Å². The molecular weight excluding hydrogens is 316 g/mol. The number of nitrogens with zero attached hydrogens (tertiary/aromatic N) is 2. The lowest BCUT2D eigenvalue weighted by atomic mass is 10.1. The van der Waals surface area contributed by atoms with Gasteiger partial charge in [0.2, 0.25) is 0 Å². The first-order valence-electron chi connectivity index (χ1n) is 7.00. The van der Waals surface area contributed by atoms with E-state index in [1.807, 2.05) is 16.8 Å². The molecule has 1 aromatic carbocycles. The standard InChI is InChI=1S/C16H16N2O2S2/c1-3-21-14-5-4-10(2)6-12(14)13-9-18-8-11(7-15(19)20)22-16(18)17-13/h4-6,8-9H,3,7H2,1-2H3,(H,19,20). The van der Waals surface area contributed by atoms with Gasteiger partial charge >= 0.3 is 5.97 Å². The molecule has 3 rings (SSSR count). The Morgan fingerprint density at radius 1 is 1.41 bits per heavy atom. The molecule has 114 valence electrons. The van der Waals surface area contributed by atoms with Gasteiger partial charge in [0, 0.05) is 27.7 Å². The van der Waals surface area contributed by atoms with Gasteiger partial charge in [-0.05, 0) is 24.8 Å². The average Bonchev–Trinajstić information content (AvgIpc) is 2.98. The van der Waals surface area contributed by atoms with Crippen molar-refractivity contribution in [3.63, 3.8) is 0 Å². The van der Waals surface area contributed by atoms with Crippen LogP contribution in [0.1, 0.15) is 17.4 Å². The molecule has 4 nitrogen and oxygen atoms in total. The van der Waals surface area contributed by atoms with E-state index in [4.69, 9.17) is 5.11 Å². The van der Waals surface area contributed by atoms with E-state index < -0.39 is 5.97 Å². The Hall–Kier alpha value is -1.79. The zero-order valence-electron chi connectivity index (χ0n) is 12.4. The molecular formula is C16H16N2O2S2. The lowest BCUT2D eigenvalue weighted by molar-refractivity contribution is -0.136. The van der Waals surface area contributed by atoms with E-state index in [-0.39, 0.29) is 6.42 Å². The summed E-state index contributed by atoms with van der Waals surface area (Å²) in [6.45, 7) is 4.21. The third kappa shape index (κ3) is 3.03. The van der Waals surface area contributed by atoms with Crippen molar-refractivity contribution in [3.05, 3.63) is 41.0 Å².